The summed E-state index contributed by atoms with van der Waals surface area (Å²) in [7, 11) is 0. The maximum absolute atomic E-state index is 12.4. The molecule has 0 aliphatic heterocycles. The van der Waals surface area contributed by atoms with E-state index in [4.69, 9.17) is 32.7 Å². The van der Waals surface area contributed by atoms with Crippen molar-refractivity contribution in [2.75, 3.05) is 0 Å². The molecular formula is C28H22Cl2N2O3. The van der Waals surface area contributed by atoms with E-state index in [1.807, 2.05) is 61.5 Å². The zero-order valence-electron chi connectivity index (χ0n) is 18.9. The predicted molar refractivity (Wildman–Crippen MR) is 140 cm³/mol. The van der Waals surface area contributed by atoms with Crippen LogP contribution in [0.2, 0.25) is 10.0 Å². The topological polar surface area (TPSA) is 59.9 Å². The molecule has 176 valence electrons. The molecule has 0 spiro atoms. The Kier molecular flexibility index (Phi) is 8.03. The molecule has 0 heterocycles. The SMILES string of the molecule is Cc1cc(OCc2ccc(C(=O)NN=Cc3cccc(Oc4ccc(Cl)cc4)c3)cc2)ccc1Cl. The van der Waals surface area contributed by atoms with Crippen LogP contribution in [0.25, 0.3) is 0 Å². The van der Waals surface area contributed by atoms with Gasteiger partial charge in [0.05, 0.1) is 6.21 Å². The van der Waals surface area contributed by atoms with Crippen molar-refractivity contribution in [1.82, 2.24) is 5.43 Å². The molecule has 7 heteroatoms. The van der Waals surface area contributed by atoms with Crippen molar-refractivity contribution in [2.45, 2.75) is 13.5 Å². The highest BCUT2D eigenvalue weighted by molar-refractivity contribution is 6.31. The van der Waals surface area contributed by atoms with Crippen LogP contribution in [-0.4, -0.2) is 12.1 Å². The number of hydrogen-bond acceptors (Lipinski definition) is 4. The Morgan fingerprint density at radius 1 is 0.886 bits per heavy atom. The van der Waals surface area contributed by atoms with E-state index in [0.29, 0.717) is 33.7 Å². The minimum absolute atomic E-state index is 0.310. The van der Waals surface area contributed by atoms with Crippen molar-refractivity contribution in [3.8, 4) is 17.2 Å². The van der Waals surface area contributed by atoms with Gasteiger partial charge in [-0.15, -0.1) is 0 Å². The molecule has 0 radical (unpaired) electrons. The van der Waals surface area contributed by atoms with Crippen LogP contribution in [0, 0.1) is 6.92 Å². The van der Waals surface area contributed by atoms with Gasteiger partial charge < -0.3 is 9.47 Å². The van der Waals surface area contributed by atoms with Crippen LogP contribution >= 0.6 is 23.2 Å². The van der Waals surface area contributed by atoms with E-state index in [1.54, 1.807) is 42.6 Å². The van der Waals surface area contributed by atoms with Crippen molar-refractivity contribution in [2.24, 2.45) is 5.10 Å². The number of carbonyl (C=O) groups is 1. The molecule has 5 nitrogen and oxygen atoms in total. The van der Waals surface area contributed by atoms with Crippen LogP contribution in [0.15, 0.2) is 96.1 Å². The lowest BCUT2D eigenvalue weighted by molar-refractivity contribution is 0.0955. The number of halogens is 2. The third-order valence-electron chi connectivity index (χ3n) is 5.04. The third kappa shape index (κ3) is 7.09. The number of hydrogen-bond donors (Lipinski definition) is 1. The average Bonchev–Trinajstić information content (AvgIpc) is 2.87. The summed E-state index contributed by atoms with van der Waals surface area (Å²) in [6.07, 6.45) is 1.56. The first-order chi connectivity index (χ1) is 17.0. The number of nitrogens with one attached hydrogen (secondary N) is 1. The summed E-state index contributed by atoms with van der Waals surface area (Å²) in [5.41, 5.74) is 5.71. The first kappa shape index (κ1) is 24.3. The summed E-state index contributed by atoms with van der Waals surface area (Å²) in [6.45, 7) is 2.31. The van der Waals surface area contributed by atoms with E-state index in [-0.39, 0.29) is 5.91 Å². The highest BCUT2D eigenvalue weighted by Crippen LogP contribution is 2.24. The zero-order valence-corrected chi connectivity index (χ0v) is 20.4. The maximum Gasteiger partial charge on any atom is 0.271 e. The lowest BCUT2D eigenvalue weighted by Crippen LogP contribution is -2.17. The molecule has 0 fully saturated rings. The minimum Gasteiger partial charge on any atom is -0.489 e. The highest BCUT2D eigenvalue weighted by atomic mass is 35.5. The fraction of sp³-hybridized carbons (Fsp3) is 0.0714. The van der Waals surface area contributed by atoms with Crippen LogP contribution < -0.4 is 14.9 Å². The number of rotatable bonds is 8. The third-order valence-corrected chi connectivity index (χ3v) is 5.71. The quantitative estimate of drug-likeness (QED) is 0.200. The molecule has 35 heavy (non-hydrogen) atoms. The van der Waals surface area contributed by atoms with Gasteiger partial charge in [0.15, 0.2) is 0 Å². The van der Waals surface area contributed by atoms with E-state index >= 15 is 0 Å². The summed E-state index contributed by atoms with van der Waals surface area (Å²) in [5, 5.41) is 5.40. The molecule has 0 aliphatic carbocycles. The standard InChI is InChI=1S/C28H22Cl2N2O3/c1-19-15-25(13-14-27(19)30)34-18-20-5-7-22(8-6-20)28(33)32-31-17-21-3-2-4-26(16-21)35-24-11-9-23(29)10-12-24/h2-17H,18H2,1H3,(H,32,33). The number of nitrogens with zero attached hydrogens (tertiary/aromatic N) is 1. The molecule has 0 atom stereocenters. The largest absolute Gasteiger partial charge is 0.489 e. The average molecular weight is 505 g/mol. The first-order valence-corrected chi connectivity index (χ1v) is 11.6. The Morgan fingerprint density at radius 3 is 2.37 bits per heavy atom. The summed E-state index contributed by atoms with van der Waals surface area (Å²) in [4.78, 5) is 12.4. The van der Waals surface area contributed by atoms with Crippen LogP contribution in [-0.2, 0) is 6.61 Å². The molecule has 4 aromatic carbocycles. The molecule has 0 aromatic heterocycles. The molecule has 0 unspecified atom stereocenters. The second-order valence-corrected chi connectivity index (χ2v) is 8.57. The molecule has 4 aromatic rings. The van der Waals surface area contributed by atoms with E-state index in [1.165, 1.54) is 0 Å². The van der Waals surface area contributed by atoms with Crippen molar-refractivity contribution < 1.29 is 14.3 Å². The van der Waals surface area contributed by atoms with Crippen LogP contribution in [0.5, 0.6) is 17.2 Å². The Bertz CT molecular complexity index is 1340. The van der Waals surface area contributed by atoms with Crippen molar-refractivity contribution in [3.05, 3.63) is 123 Å². The monoisotopic (exact) mass is 504 g/mol. The number of hydrazone groups is 1. The van der Waals surface area contributed by atoms with Gasteiger partial charge in [0.2, 0.25) is 0 Å². The van der Waals surface area contributed by atoms with Gasteiger partial charge in [0.1, 0.15) is 23.9 Å². The number of amides is 1. The Hall–Kier alpha value is -3.80. The molecule has 0 bridgehead atoms. The van der Waals surface area contributed by atoms with E-state index in [0.717, 1.165) is 22.4 Å². The Labute approximate surface area is 213 Å². The second-order valence-electron chi connectivity index (χ2n) is 7.72. The van der Waals surface area contributed by atoms with Crippen molar-refractivity contribution in [3.63, 3.8) is 0 Å². The van der Waals surface area contributed by atoms with Crippen molar-refractivity contribution in [1.29, 1.82) is 0 Å². The number of carbonyl (C=O) groups excluding carboxylic acids is 1. The molecule has 1 N–H and O–H groups in total. The van der Waals surface area contributed by atoms with Gasteiger partial charge in [0, 0.05) is 15.6 Å². The van der Waals surface area contributed by atoms with E-state index in [9.17, 15) is 4.79 Å². The molecule has 0 aliphatic rings. The lowest BCUT2D eigenvalue weighted by Gasteiger charge is -2.08. The molecule has 1 amide bonds. The Morgan fingerprint density at radius 2 is 1.63 bits per heavy atom. The van der Waals surface area contributed by atoms with Crippen LogP contribution in [0.4, 0.5) is 0 Å². The number of ether oxygens (including phenoxy) is 2. The van der Waals surface area contributed by atoms with Crippen molar-refractivity contribution >= 4 is 35.3 Å². The molecule has 0 saturated heterocycles. The number of benzene rings is 4. The zero-order chi connectivity index (χ0) is 24.6. The summed E-state index contributed by atoms with van der Waals surface area (Å²) in [5.74, 6) is 1.75. The summed E-state index contributed by atoms with van der Waals surface area (Å²) in [6, 6.07) is 27.2. The highest BCUT2D eigenvalue weighted by Gasteiger charge is 2.05. The van der Waals surface area contributed by atoms with Gasteiger partial charge in [-0.1, -0.05) is 47.5 Å². The molecule has 0 saturated carbocycles. The van der Waals surface area contributed by atoms with Crippen LogP contribution in [0.3, 0.4) is 0 Å². The van der Waals surface area contributed by atoms with E-state index < -0.39 is 0 Å². The number of aryl methyl sites for hydroxylation is 1. The van der Waals surface area contributed by atoms with Gasteiger partial charge in [-0.25, -0.2) is 5.43 Å². The van der Waals surface area contributed by atoms with Gasteiger partial charge >= 0.3 is 0 Å². The van der Waals surface area contributed by atoms with Crippen LogP contribution in [0.1, 0.15) is 27.0 Å². The second kappa shape index (κ2) is 11.6. The van der Waals surface area contributed by atoms with E-state index in [2.05, 4.69) is 10.5 Å². The fourth-order valence-corrected chi connectivity index (χ4v) is 3.40. The fourth-order valence-electron chi connectivity index (χ4n) is 3.15. The normalized spacial score (nSPS) is 10.8. The summed E-state index contributed by atoms with van der Waals surface area (Å²) >= 11 is 11.9. The van der Waals surface area contributed by atoms with Gasteiger partial charge in [-0.05, 0) is 90.3 Å². The first-order valence-electron chi connectivity index (χ1n) is 10.8. The maximum atomic E-state index is 12.4. The lowest BCUT2D eigenvalue weighted by atomic mass is 10.1. The van der Waals surface area contributed by atoms with Gasteiger partial charge in [-0.2, -0.15) is 5.10 Å². The molecular weight excluding hydrogens is 483 g/mol. The minimum atomic E-state index is -0.310. The Balaban J connectivity index is 1.29. The predicted octanol–water partition coefficient (Wildman–Crippen LogP) is 7.44. The van der Waals surface area contributed by atoms with Gasteiger partial charge in [-0.3, -0.25) is 4.79 Å². The summed E-state index contributed by atoms with van der Waals surface area (Å²) < 4.78 is 11.6. The van der Waals surface area contributed by atoms with Gasteiger partial charge in [0.25, 0.3) is 5.91 Å². The molecule has 4 rings (SSSR count). The smallest absolute Gasteiger partial charge is 0.271 e.